The fourth-order valence-electron chi connectivity index (χ4n) is 3.96. The predicted molar refractivity (Wildman–Crippen MR) is 155 cm³/mol. The van der Waals surface area contributed by atoms with Crippen molar-refractivity contribution in [1.82, 2.24) is 20.3 Å². The molecule has 0 saturated carbocycles. The Balaban J connectivity index is 1.83. The molecule has 0 bridgehead atoms. The zero-order chi connectivity index (χ0) is 30.6. The number of aryl methyl sites for hydroxylation is 1. The molecule has 1 aromatic carbocycles. The number of rotatable bonds is 14. The van der Waals surface area contributed by atoms with Crippen LogP contribution in [0.2, 0.25) is 0 Å². The summed E-state index contributed by atoms with van der Waals surface area (Å²) in [4.78, 5) is 63.7. The molecule has 42 heavy (non-hydrogen) atoms. The third-order valence-electron chi connectivity index (χ3n) is 6.06. The molecular formula is C28H32N4O8S2. The third-order valence-corrected chi connectivity index (χ3v) is 8.17. The molecule has 0 radical (unpaired) electrons. The number of benzene rings is 1. The third kappa shape index (κ3) is 8.73. The number of carbonyl (C=O) groups excluding carboxylic acids is 5. The second-order valence-corrected chi connectivity index (χ2v) is 11.3. The van der Waals surface area contributed by atoms with Crippen LogP contribution >= 0.6 is 23.1 Å². The molecule has 0 fully saturated rings. The number of hydrogen-bond acceptors (Lipinski definition) is 12. The maximum Gasteiger partial charge on any atom is 0.361 e. The van der Waals surface area contributed by atoms with Gasteiger partial charge in [-0.1, -0.05) is 47.3 Å². The maximum absolute atomic E-state index is 13.5. The molecule has 1 N–H and O–H groups in total. The molecule has 224 valence electrons. The van der Waals surface area contributed by atoms with Crippen molar-refractivity contribution in [1.29, 1.82) is 0 Å². The number of hydrogen-bond donors (Lipinski definition) is 1. The van der Waals surface area contributed by atoms with Gasteiger partial charge in [-0.25, -0.2) is 19.1 Å². The maximum atomic E-state index is 13.5. The predicted octanol–water partition coefficient (Wildman–Crippen LogP) is 3.21. The van der Waals surface area contributed by atoms with Crippen LogP contribution in [0.1, 0.15) is 62.6 Å². The summed E-state index contributed by atoms with van der Waals surface area (Å²) in [6.07, 6.45) is 1.10. The van der Waals surface area contributed by atoms with Crippen molar-refractivity contribution < 1.29 is 38.2 Å². The molecule has 12 nitrogen and oxygen atoms in total. The fourth-order valence-corrected chi connectivity index (χ4v) is 5.75. The molecule has 2 atom stereocenters. The molecule has 0 aliphatic heterocycles. The summed E-state index contributed by atoms with van der Waals surface area (Å²) in [6.45, 7) is 3.25. The molecule has 2 heterocycles. The minimum atomic E-state index is -1.10. The molecule has 0 aliphatic rings. The first kappa shape index (κ1) is 32.5. The molecule has 1 amide bonds. The molecule has 3 rings (SSSR count). The van der Waals surface area contributed by atoms with E-state index < -0.39 is 29.9 Å². The Morgan fingerprint density at radius 2 is 1.74 bits per heavy atom. The van der Waals surface area contributed by atoms with Crippen LogP contribution in [0.3, 0.4) is 0 Å². The second-order valence-electron chi connectivity index (χ2n) is 8.95. The summed E-state index contributed by atoms with van der Waals surface area (Å²) in [5.74, 6) is -2.94. The Labute approximate surface area is 251 Å². The average molecular weight is 617 g/mol. The first-order valence-electron chi connectivity index (χ1n) is 13.0. The van der Waals surface area contributed by atoms with Crippen molar-refractivity contribution in [2.24, 2.45) is 5.92 Å². The Morgan fingerprint density at radius 3 is 2.38 bits per heavy atom. The van der Waals surface area contributed by atoms with Gasteiger partial charge in [0.1, 0.15) is 0 Å². The summed E-state index contributed by atoms with van der Waals surface area (Å²) in [6, 6.07) is 12.0. The number of aromatic nitrogens is 3. The number of amides is 1. The lowest BCUT2D eigenvalue weighted by molar-refractivity contribution is -0.148. The highest BCUT2D eigenvalue weighted by atomic mass is 32.2. The number of nitrogens with one attached hydrogen (secondary N) is 1. The van der Waals surface area contributed by atoms with Gasteiger partial charge in [0.15, 0.2) is 16.9 Å². The zero-order valence-electron chi connectivity index (χ0n) is 23.7. The number of methoxy groups -OCH3 is 2. The van der Waals surface area contributed by atoms with E-state index in [0.717, 1.165) is 24.4 Å². The largest absolute Gasteiger partial charge is 0.464 e. The van der Waals surface area contributed by atoms with Crippen LogP contribution in [-0.4, -0.2) is 70.5 Å². The van der Waals surface area contributed by atoms with Gasteiger partial charge in [-0.2, -0.15) is 0 Å². The zero-order valence-corrected chi connectivity index (χ0v) is 25.3. The van der Waals surface area contributed by atoms with Gasteiger partial charge in [-0.15, -0.1) is 16.4 Å². The first-order valence-corrected chi connectivity index (χ1v) is 14.8. The lowest BCUT2D eigenvalue weighted by Gasteiger charge is -2.21. The van der Waals surface area contributed by atoms with Crippen molar-refractivity contribution >= 4 is 52.0 Å². The van der Waals surface area contributed by atoms with E-state index in [1.165, 1.54) is 30.1 Å². The van der Waals surface area contributed by atoms with Gasteiger partial charge in [-0.05, 0) is 37.5 Å². The van der Waals surface area contributed by atoms with Gasteiger partial charge < -0.3 is 19.5 Å². The van der Waals surface area contributed by atoms with Crippen LogP contribution in [-0.2, 0) is 41.6 Å². The van der Waals surface area contributed by atoms with Crippen molar-refractivity contribution in [3.63, 3.8) is 0 Å². The molecule has 3 aromatic rings. The number of esters is 3. The fraction of sp³-hybridized carbons (Fsp3) is 0.393. The van der Waals surface area contributed by atoms with Gasteiger partial charge in [0, 0.05) is 28.3 Å². The van der Waals surface area contributed by atoms with E-state index >= 15 is 0 Å². The molecular weight excluding hydrogens is 584 g/mol. The van der Waals surface area contributed by atoms with Crippen LogP contribution in [0, 0.1) is 5.92 Å². The lowest BCUT2D eigenvalue weighted by atomic mass is 9.99. The number of carbonyl (C=O) groups is 5. The second kappa shape index (κ2) is 15.8. The summed E-state index contributed by atoms with van der Waals surface area (Å²) < 4.78 is 15.9. The van der Waals surface area contributed by atoms with Crippen LogP contribution in [0.15, 0.2) is 42.5 Å². The summed E-state index contributed by atoms with van der Waals surface area (Å²) >= 11 is 2.25. The quantitative estimate of drug-likeness (QED) is 0.210. The van der Waals surface area contributed by atoms with E-state index in [-0.39, 0.29) is 41.3 Å². The first-order chi connectivity index (χ1) is 20.2. The highest BCUT2D eigenvalue weighted by Gasteiger charge is 2.31. The number of thioether (sulfide) groups is 1. The van der Waals surface area contributed by atoms with E-state index in [1.54, 1.807) is 19.1 Å². The Kier molecular flexibility index (Phi) is 12.2. The average Bonchev–Trinajstić information content (AvgIpc) is 3.63. The summed E-state index contributed by atoms with van der Waals surface area (Å²) in [5.41, 5.74) is 0.587. The van der Waals surface area contributed by atoms with Crippen LogP contribution < -0.4 is 5.32 Å². The van der Waals surface area contributed by atoms with Crippen molar-refractivity contribution in [3.8, 4) is 0 Å². The molecule has 0 saturated heterocycles. The standard InChI is InChI=1S/C28H32N4O8S2/c1-5-40-27(36)22(29-25(34)19(16-41-17(2)33)12-11-18-9-7-6-8-10-18)21-14-13-20(42-21)15-32-24(28(37)39-4)23(30-31-32)26(35)38-3/h6-10,13-14,19,22H,5,11-12,15-16H2,1-4H3,(H,29,34). The number of ether oxygens (including phenoxy) is 3. The van der Waals surface area contributed by atoms with E-state index in [2.05, 4.69) is 20.4 Å². The van der Waals surface area contributed by atoms with E-state index in [9.17, 15) is 24.0 Å². The van der Waals surface area contributed by atoms with Gasteiger partial charge in [0.05, 0.1) is 27.4 Å². The highest BCUT2D eigenvalue weighted by Crippen LogP contribution is 2.27. The topological polar surface area (TPSA) is 156 Å². The van der Waals surface area contributed by atoms with E-state index in [1.807, 2.05) is 30.3 Å². The van der Waals surface area contributed by atoms with Gasteiger partial charge in [0.2, 0.25) is 11.6 Å². The van der Waals surface area contributed by atoms with E-state index in [4.69, 9.17) is 9.47 Å². The van der Waals surface area contributed by atoms with Crippen molar-refractivity contribution in [3.05, 3.63) is 69.2 Å². The molecule has 0 spiro atoms. The van der Waals surface area contributed by atoms with Crippen molar-refractivity contribution in [2.45, 2.75) is 39.3 Å². The highest BCUT2D eigenvalue weighted by molar-refractivity contribution is 8.13. The van der Waals surface area contributed by atoms with Gasteiger partial charge in [0.25, 0.3) is 0 Å². The summed E-state index contributed by atoms with van der Waals surface area (Å²) in [5, 5.41) is 10.4. The minimum Gasteiger partial charge on any atom is -0.464 e. The summed E-state index contributed by atoms with van der Waals surface area (Å²) in [7, 11) is 2.32. The van der Waals surface area contributed by atoms with E-state index in [0.29, 0.717) is 22.6 Å². The normalized spacial score (nSPS) is 12.2. The van der Waals surface area contributed by atoms with Crippen molar-refractivity contribution in [2.75, 3.05) is 26.6 Å². The van der Waals surface area contributed by atoms with Gasteiger partial charge in [-0.3, -0.25) is 9.59 Å². The SMILES string of the molecule is CCOC(=O)C(NC(=O)C(CCc1ccccc1)CSC(C)=O)c1ccc(Cn2nnc(C(=O)OC)c2C(=O)OC)s1. The smallest absolute Gasteiger partial charge is 0.361 e. The molecule has 2 unspecified atom stereocenters. The number of nitrogens with zero attached hydrogens (tertiary/aromatic N) is 3. The lowest BCUT2D eigenvalue weighted by Crippen LogP contribution is -2.39. The van der Waals surface area contributed by atoms with Crippen LogP contribution in [0.5, 0.6) is 0 Å². The molecule has 2 aromatic heterocycles. The van der Waals surface area contributed by atoms with Crippen LogP contribution in [0.4, 0.5) is 0 Å². The Morgan fingerprint density at radius 1 is 1.02 bits per heavy atom. The monoisotopic (exact) mass is 616 g/mol. The Bertz CT molecular complexity index is 1410. The van der Waals surface area contributed by atoms with Gasteiger partial charge >= 0.3 is 17.9 Å². The van der Waals surface area contributed by atoms with Crippen LogP contribution in [0.25, 0.3) is 0 Å². The molecule has 0 aliphatic carbocycles. The Hall–Kier alpha value is -4.04. The number of thiophene rings is 1. The minimum absolute atomic E-state index is 0.0253. The molecule has 14 heteroatoms.